The Labute approximate surface area is 133 Å². The van der Waals surface area contributed by atoms with Crippen molar-refractivity contribution in [1.82, 2.24) is 0 Å². The van der Waals surface area contributed by atoms with E-state index in [2.05, 4.69) is 37.2 Å². The number of carbonyl (C=O) groups is 1. The van der Waals surface area contributed by atoms with Crippen molar-refractivity contribution in [3.05, 3.63) is 49.0 Å². The fourth-order valence-corrected chi connectivity index (χ4v) is 3.09. The number of amides is 1. The topological polar surface area (TPSA) is 29.1 Å². The maximum atomic E-state index is 12.7. The van der Waals surface area contributed by atoms with Crippen molar-refractivity contribution in [2.24, 2.45) is 0 Å². The molecule has 8 heteroatoms. The third-order valence-corrected chi connectivity index (χ3v) is 4.27. The molecule has 0 aliphatic rings. The van der Waals surface area contributed by atoms with Gasteiger partial charge in [0.2, 0.25) is 0 Å². The minimum absolute atomic E-state index is 0.0824. The summed E-state index contributed by atoms with van der Waals surface area (Å²) in [5, 5.41) is 4.05. The van der Waals surface area contributed by atoms with Crippen LogP contribution in [0.5, 0.6) is 0 Å². The van der Waals surface area contributed by atoms with Crippen LogP contribution in [0.4, 0.5) is 18.9 Å². The first kappa shape index (κ1) is 15.5. The first-order chi connectivity index (χ1) is 9.25. The molecular formula is C12H6Br2F3NOS. The quantitative estimate of drug-likeness (QED) is 0.668. The van der Waals surface area contributed by atoms with Crippen LogP contribution >= 0.6 is 43.2 Å². The molecule has 1 aromatic heterocycles. The zero-order valence-electron chi connectivity index (χ0n) is 9.59. The van der Waals surface area contributed by atoms with Gasteiger partial charge in [-0.2, -0.15) is 13.2 Å². The van der Waals surface area contributed by atoms with E-state index < -0.39 is 17.6 Å². The number of carbonyl (C=O) groups excluding carboxylic acids is 1. The fourth-order valence-electron chi connectivity index (χ4n) is 1.46. The fraction of sp³-hybridized carbons (Fsp3) is 0.0833. The van der Waals surface area contributed by atoms with Gasteiger partial charge in [-0.25, -0.2) is 0 Å². The van der Waals surface area contributed by atoms with E-state index in [0.717, 1.165) is 15.9 Å². The van der Waals surface area contributed by atoms with Crippen LogP contribution in [0.3, 0.4) is 0 Å². The average Bonchev–Trinajstić information content (AvgIpc) is 2.74. The lowest BCUT2D eigenvalue weighted by atomic mass is 10.2. The minimum Gasteiger partial charge on any atom is -0.322 e. The Morgan fingerprint density at radius 3 is 2.40 bits per heavy atom. The molecule has 20 heavy (non-hydrogen) atoms. The summed E-state index contributed by atoms with van der Waals surface area (Å²) in [5.74, 6) is -0.460. The van der Waals surface area contributed by atoms with Gasteiger partial charge in [0, 0.05) is 15.5 Å². The Balaban J connectivity index is 2.25. The highest BCUT2D eigenvalue weighted by atomic mass is 79.9. The zero-order chi connectivity index (χ0) is 14.9. The number of halogens is 5. The molecule has 0 radical (unpaired) electrons. The molecule has 1 amide bonds. The maximum Gasteiger partial charge on any atom is 0.416 e. The van der Waals surface area contributed by atoms with Gasteiger partial charge in [0.05, 0.1) is 14.9 Å². The van der Waals surface area contributed by atoms with Crippen LogP contribution in [-0.4, -0.2) is 5.91 Å². The second-order valence-corrected chi connectivity index (χ2v) is 7.03. The van der Waals surface area contributed by atoms with Crippen LogP contribution in [-0.2, 0) is 6.18 Å². The number of alkyl halides is 3. The van der Waals surface area contributed by atoms with Crippen molar-refractivity contribution in [2.75, 3.05) is 5.32 Å². The molecule has 106 valence electrons. The number of hydrogen-bond donors (Lipinski definition) is 1. The summed E-state index contributed by atoms with van der Waals surface area (Å²) in [6.07, 6.45) is -4.46. The standard InChI is InChI=1S/C12H6Br2F3NOS/c13-8-2-7(12(15,16)17)3-9(4-8)18-11(19)6-1-10(14)20-5-6/h1-5H,(H,18,19). The monoisotopic (exact) mass is 427 g/mol. The highest BCUT2D eigenvalue weighted by Gasteiger charge is 2.31. The number of benzene rings is 1. The molecule has 0 spiro atoms. The molecular weight excluding hydrogens is 423 g/mol. The molecule has 0 saturated heterocycles. The number of rotatable bonds is 2. The van der Waals surface area contributed by atoms with Crippen molar-refractivity contribution in [2.45, 2.75) is 6.18 Å². The second-order valence-electron chi connectivity index (χ2n) is 3.82. The Kier molecular flexibility index (Phi) is 4.55. The predicted octanol–water partition coefficient (Wildman–Crippen LogP) is 5.54. The van der Waals surface area contributed by atoms with E-state index >= 15 is 0 Å². The van der Waals surface area contributed by atoms with Gasteiger partial charge < -0.3 is 5.32 Å². The molecule has 2 nitrogen and oxygen atoms in total. The van der Waals surface area contributed by atoms with Crippen LogP contribution < -0.4 is 5.32 Å². The number of hydrogen-bond acceptors (Lipinski definition) is 2. The minimum atomic E-state index is -4.46. The molecule has 2 aromatic rings. The van der Waals surface area contributed by atoms with Crippen molar-refractivity contribution in [1.29, 1.82) is 0 Å². The van der Waals surface area contributed by atoms with Gasteiger partial charge in [-0.1, -0.05) is 15.9 Å². The third-order valence-electron chi connectivity index (χ3n) is 2.31. The first-order valence-corrected chi connectivity index (χ1v) is 7.65. The molecule has 1 N–H and O–H groups in total. The van der Waals surface area contributed by atoms with E-state index in [1.807, 2.05) is 0 Å². The number of anilines is 1. The average molecular weight is 429 g/mol. The molecule has 1 heterocycles. The van der Waals surface area contributed by atoms with E-state index in [1.165, 1.54) is 17.4 Å². The van der Waals surface area contributed by atoms with Crippen molar-refractivity contribution in [3.63, 3.8) is 0 Å². The third kappa shape index (κ3) is 3.83. The Hall–Kier alpha value is -0.860. The summed E-state index contributed by atoms with van der Waals surface area (Å²) in [7, 11) is 0. The molecule has 1 aromatic carbocycles. The van der Waals surface area contributed by atoms with E-state index in [0.29, 0.717) is 5.56 Å². The highest BCUT2D eigenvalue weighted by molar-refractivity contribution is 9.11. The summed E-state index contributed by atoms with van der Waals surface area (Å²) in [6.45, 7) is 0. The zero-order valence-corrected chi connectivity index (χ0v) is 13.6. The normalized spacial score (nSPS) is 11.4. The van der Waals surface area contributed by atoms with Crippen molar-refractivity contribution in [3.8, 4) is 0 Å². The van der Waals surface area contributed by atoms with Gasteiger partial charge in [0.1, 0.15) is 0 Å². The van der Waals surface area contributed by atoms with Gasteiger partial charge in [-0.05, 0) is 40.2 Å². The lowest BCUT2D eigenvalue weighted by molar-refractivity contribution is -0.137. The molecule has 0 aliphatic carbocycles. The van der Waals surface area contributed by atoms with Gasteiger partial charge in [0.25, 0.3) is 5.91 Å². The number of nitrogens with one attached hydrogen (secondary N) is 1. The van der Waals surface area contributed by atoms with Gasteiger partial charge in [-0.15, -0.1) is 11.3 Å². The first-order valence-electron chi connectivity index (χ1n) is 5.19. The Morgan fingerprint density at radius 2 is 1.85 bits per heavy atom. The maximum absolute atomic E-state index is 12.7. The van der Waals surface area contributed by atoms with Crippen molar-refractivity contribution < 1.29 is 18.0 Å². The van der Waals surface area contributed by atoms with Crippen LogP contribution in [0.1, 0.15) is 15.9 Å². The Morgan fingerprint density at radius 1 is 1.15 bits per heavy atom. The largest absolute Gasteiger partial charge is 0.416 e. The highest BCUT2D eigenvalue weighted by Crippen LogP contribution is 2.33. The summed E-state index contributed by atoms with van der Waals surface area (Å²) in [6, 6.07) is 4.86. The molecule has 0 fully saturated rings. The smallest absolute Gasteiger partial charge is 0.322 e. The molecule has 0 saturated carbocycles. The van der Waals surface area contributed by atoms with Crippen LogP contribution in [0.2, 0.25) is 0 Å². The van der Waals surface area contributed by atoms with Crippen LogP contribution in [0.25, 0.3) is 0 Å². The summed E-state index contributed by atoms with van der Waals surface area (Å²) in [5.41, 5.74) is -0.358. The van der Waals surface area contributed by atoms with E-state index in [4.69, 9.17) is 0 Å². The second kappa shape index (κ2) is 5.87. The SMILES string of the molecule is O=C(Nc1cc(Br)cc(C(F)(F)F)c1)c1csc(Br)c1. The van der Waals surface area contributed by atoms with E-state index in [-0.39, 0.29) is 10.2 Å². The summed E-state index contributed by atoms with van der Waals surface area (Å²) >= 11 is 7.54. The van der Waals surface area contributed by atoms with E-state index in [9.17, 15) is 18.0 Å². The summed E-state index contributed by atoms with van der Waals surface area (Å²) < 4.78 is 39.0. The summed E-state index contributed by atoms with van der Waals surface area (Å²) in [4.78, 5) is 11.9. The van der Waals surface area contributed by atoms with E-state index in [1.54, 1.807) is 11.4 Å². The molecule has 0 unspecified atom stereocenters. The molecule has 0 atom stereocenters. The molecule has 0 aliphatic heterocycles. The van der Waals surface area contributed by atoms with Crippen LogP contribution in [0, 0.1) is 0 Å². The lowest BCUT2D eigenvalue weighted by Crippen LogP contribution is -2.12. The van der Waals surface area contributed by atoms with Gasteiger partial charge in [-0.3, -0.25) is 4.79 Å². The molecule has 0 bridgehead atoms. The molecule has 2 rings (SSSR count). The van der Waals surface area contributed by atoms with Gasteiger partial charge >= 0.3 is 6.18 Å². The van der Waals surface area contributed by atoms with Crippen LogP contribution in [0.15, 0.2) is 37.9 Å². The Bertz CT molecular complexity index is 654. The van der Waals surface area contributed by atoms with Crippen molar-refractivity contribution >= 4 is 54.8 Å². The predicted molar refractivity (Wildman–Crippen MR) is 79.1 cm³/mol. The number of thiophene rings is 1. The van der Waals surface area contributed by atoms with Gasteiger partial charge in [0.15, 0.2) is 0 Å². The lowest BCUT2D eigenvalue weighted by Gasteiger charge is -2.10.